The maximum atomic E-state index is 13.0. The molecule has 0 rings (SSSR count). The van der Waals surface area contributed by atoms with Crippen LogP contribution in [0.15, 0.2) is 48.6 Å². The number of phosphoric ester groups is 2. The number of aliphatic hydroxyl groups excluding tert-OH is 1. The van der Waals surface area contributed by atoms with Crippen molar-refractivity contribution in [2.45, 2.75) is 336 Å². The molecule has 0 bridgehead atoms. The summed E-state index contributed by atoms with van der Waals surface area (Å²) in [6, 6.07) is 0. The van der Waals surface area contributed by atoms with Gasteiger partial charge in [-0.2, -0.15) is 0 Å². The van der Waals surface area contributed by atoms with Crippen molar-refractivity contribution >= 4 is 39.5 Å². The molecule has 19 heteroatoms. The van der Waals surface area contributed by atoms with Crippen LogP contribution in [0, 0.1) is 11.8 Å². The summed E-state index contributed by atoms with van der Waals surface area (Å²) < 4.78 is 68.2. The first-order chi connectivity index (χ1) is 43.9. The zero-order valence-corrected chi connectivity index (χ0v) is 59.9. The molecular formula is C72H132O17P2. The van der Waals surface area contributed by atoms with E-state index in [2.05, 4.69) is 90.2 Å². The second kappa shape index (κ2) is 63.1. The summed E-state index contributed by atoms with van der Waals surface area (Å²) in [5.74, 6) is -0.764. The van der Waals surface area contributed by atoms with Gasteiger partial charge in [-0.1, -0.05) is 264 Å². The molecule has 0 radical (unpaired) electrons. The highest BCUT2D eigenvalue weighted by molar-refractivity contribution is 7.47. The van der Waals surface area contributed by atoms with Gasteiger partial charge in [-0.3, -0.25) is 37.3 Å². The van der Waals surface area contributed by atoms with Gasteiger partial charge in [-0.15, -0.1) is 0 Å². The lowest BCUT2D eigenvalue weighted by Crippen LogP contribution is -2.30. The van der Waals surface area contributed by atoms with Crippen LogP contribution in [0.4, 0.5) is 0 Å². The molecule has 5 atom stereocenters. The Bertz CT molecular complexity index is 1960. The topological polar surface area (TPSA) is 237 Å². The lowest BCUT2D eigenvalue weighted by atomic mass is 10.0. The van der Waals surface area contributed by atoms with E-state index in [1.165, 1.54) is 96.3 Å². The lowest BCUT2D eigenvalue weighted by Gasteiger charge is -2.21. The van der Waals surface area contributed by atoms with E-state index in [0.717, 1.165) is 134 Å². The van der Waals surface area contributed by atoms with E-state index in [0.29, 0.717) is 31.6 Å². The highest BCUT2D eigenvalue weighted by atomic mass is 31.2. The molecule has 3 N–H and O–H groups in total. The van der Waals surface area contributed by atoms with Gasteiger partial charge in [0.15, 0.2) is 12.2 Å². The first-order valence-electron chi connectivity index (χ1n) is 36.1. The number of carbonyl (C=O) groups excluding carboxylic acids is 4. The first kappa shape index (κ1) is 88.0. The van der Waals surface area contributed by atoms with Gasteiger partial charge in [0.1, 0.15) is 19.3 Å². The molecule has 0 aromatic heterocycles. The molecule has 0 amide bonds. The summed E-state index contributed by atoms with van der Waals surface area (Å²) in [5, 5.41) is 10.6. The minimum atomic E-state index is -4.96. The van der Waals surface area contributed by atoms with Gasteiger partial charge < -0.3 is 33.8 Å². The monoisotopic (exact) mass is 1330 g/mol. The fraction of sp³-hybridized carbons (Fsp3) is 0.833. The number of ether oxygens (including phenoxy) is 4. The Morgan fingerprint density at radius 3 is 0.890 bits per heavy atom. The van der Waals surface area contributed by atoms with Crippen molar-refractivity contribution in [1.82, 2.24) is 0 Å². The van der Waals surface area contributed by atoms with Crippen molar-refractivity contribution in [1.29, 1.82) is 0 Å². The number of unbranched alkanes of at least 4 members (excludes halogenated alkanes) is 31. The van der Waals surface area contributed by atoms with E-state index in [-0.39, 0.29) is 25.7 Å². The summed E-state index contributed by atoms with van der Waals surface area (Å²) in [7, 11) is -9.93. The molecule has 0 aliphatic carbocycles. The Morgan fingerprint density at radius 2 is 0.593 bits per heavy atom. The van der Waals surface area contributed by atoms with Crippen LogP contribution in [0.25, 0.3) is 0 Å². The molecule has 0 aliphatic rings. The summed E-state index contributed by atoms with van der Waals surface area (Å²) in [5.41, 5.74) is 0. The first-order valence-corrected chi connectivity index (χ1v) is 39.1. The third-order valence-corrected chi connectivity index (χ3v) is 17.4. The highest BCUT2D eigenvalue weighted by Crippen LogP contribution is 2.45. The second-order valence-corrected chi connectivity index (χ2v) is 28.5. The number of carbonyl (C=O) groups is 4. The molecule has 532 valence electrons. The van der Waals surface area contributed by atoms with E-state index in [1.807, 2.05) is 0 Å². The highest BCUT2D eigenvalue weighted by Gasteiger charge is 2.30. The van der Waals surface area contributed by atoms with Crippen molar-refractivity contribution in [3.05, 3.63) is 48.6 Å². The third kappa shape index (κ3) is 65.5. The van der Waals surface area contributed by atoms with E-state index in [4.69, 9.17) is 37.0 Å². The number of hydrogen-bond acceptors (Lipinski definition) is 15. The second-order valence-electron chi connectivity index (χ2n) is 25.6. The van der Waals surface area contributed by atoms with Gasteiger partial charge >= 0.3 is 39.5 Å². The number of rotatable bonds is 67. The predicted octanol–water partition coefficient (Wildman–Crippen LogP) is 19.9. The van der Waals surface area contributed by atoms with E-state index in [9.17, 15) is 43.2 Å². The molecule has 0 aliphatic heterocycles. The fourth-order valence-corrected chi connectivity index (χ4v) is 11.4. The van der Waals surface area contributed by atoms with Gasteiger partial charge in [0.05, 0.1) is 26.4 Å². The largest absolute Gasteiger partial charge is 0.472 e. The van der Waals surface area contributed by atoms with Crippen molar-refractivity contribution < 1.29 is 80.2 Å². The van der Waals surface area contributed by atoms with Crippen molar-refractivity contribution in [3.63, 3.8) is 0 Å². The minimum Gasteiger partial charge on any atom is -0.462 e. The maximum absolute atomic E-state index is 13.0. The van der Waals surface area contributed by atoms with Gasteiger partial charge in [0, 0.05) is 25.7 Å². The van der Waals surface area contributed by atoms with Crippen LogP contribution in [-0.4, -0.2) is 96.7 Å². The summed E-state index contributed by atoms with van der Waals surface area (Å²) >= 11 is 0. The Kier molecular flexibility index (Phi) is 61.0. The van der Waals surface area contributed by atoms with Crippen molar-refractivity contribution in [2.24, 2.45) is 11.8 Å². The Labute approximate surface area is 553 Å². The molecule has 0 aromatic rings. The number of hydrogen-bond donors (Lipinski definition) is 3. The van der Waals surface area contributed by atoms with Crippen LogP contribution < -0.4 is 0 Å². The summed E-state index contributed by atoms with van der Waals surface area (Å²) in [6.45, 7) is 9.32. The molecular weight excluding hydrogens is 1200 g/mol. The molecule has 91 heavy (non-hydrogen) atoms. The molecule has 17 nitrogen and oxygen atoms in total. The van der Waals surface area contributed by atoms with Crippen LogP contribution in [0.3, 0.4) is 0 Å². The molecule has 0 saturated carbocycles. The SMILES string of the molecule is CCCCCC/C=C\C=C/CCCCCCCC(=O)O[C@H](COC(=O)CCCCCCCCCCC(C)C)COP(=O)(O)OCC(O)COP(=O)(O)OC[C@@H](COC(=O)CCCCCCCCCC(C)C)OC(=O)CCCCCCC/C=C\C=C/CCCCCC. The quantitative estimate of drug-likeness (QED) is 0.0169. The molecule has 0 heterocycles. The third-order valence-electron chi connectivity index (χ3n) is 15.5. The zero-order chi connectivity index (χ0) is 67.2. The average Bonchev–Trinajstić information content (AvgIpc) is 2.38. The number of aliphatic hydroxyl groups is 1. The molecule has 0 saturated heterocycles. The van der Waals surface area contributed by atoms with Crippen LogP contribution in [0.5, 0.6) is 0 Å². The zero-order valence-electron chi connectivity index (χ0n) is 58.1. The molecule has 0 fully saturated rings. The van der Waals surface area contributed by atoms with Crippen LogP contribution in [0.1, 0.15) is 318 Å². The number of esters is 4. The summed E-state index contributed by atoms with van der Waals surface area (Å²) in [6.07, 6.45) is 54.5. The minimum absolute atomic E-state index is 0.0814. The van der Waals surface area contributed by atoms with Crippen LogP contribution >= 0.6 is 15.6 Å². The Morgan fingerprint density at radius 1 is 0.341 bits per heavy atom. The molecule has 0 aromatic carbocycles. The van der Waals surface area contributed by atoms with Crippen LogP contribution in [0.2, 0.25) is 0 Å². The van der Waals surface area contributed by atoms with E-state index >= 15 is 0 Å². The average molecular weight is 1330 g/mol. The summed E-state index contributed by atoms with van der Waals surface area (Å²) in [4.78, 5) is 72.5. The normalized spacial score (nSPS) is 14.5. The Balaban J connectivity index is 5.32. The van der Waals surface area contributed by atoms with Crippen molar-refractivity contribution in [3.8, 4) is 0 Å². The maximum Gasteiger partial charge on any atom is 0.472 e. The fourth-order valence-electron chi connectivity index (χ4n) is 9.87. The smallest absolute Gasteiger partial charge is 0.462 e. The van der Waals surface area contributed by atoms with Gasteiger partial charge in [-0.25, -0.2) is 9.13 Å². The van der Waals surface area contributed by atoms with Crippen LogP contribution in [-0.2, 0) is 65.4 Å². The standard InChI is InChI=1S/C72H132O17P2/c1-7-9-11-13-15-17-19-21-23-25-27-29-37-44-50-56-71(76)88-67(60-82-69(74)54-48-42-36-32-31-34-40-46-52-64(3)4)62-86-90(78,79)84-58-66(73)59-85-91(80,81)87-63-68(61-83-70(75)55-49-43-39-33-35-41-47-53-65(5)6)89-72(77)57-51-45-38-30-28-26-24-22-20-18-16-14-12-10-8-2/h17-24,64-68,73H,7-16,25-63H2,1-6H3,(H,78,79)(H,80,81)/b19-17-,20-18-,23-21-,24-22-/t66?,67-,68-/m1/s1. The predicted molar refractivity (Wildman–Crippen MR) is 367 cm³/mol. The van der Waals surface area contributed by atoms with Gasteiger partial charge in [-0.05, 0) is 88.9 Å². The number of phosphoric acid groups is 2. The van der Waals surface area contributed by atoms with Crippen molar-refractivity contribution in [2.75, 3.05) is 39.6 Å². The Hall–Kier alpha value is -2.98. The van der Waals surface area contributed by atoms with E-state index < -0.39 is 97.5 Å². The molecule has 3 unspecified atom stereocenters. The lowest BCUT2D eigenvalue weighted by molar-refractivity contribution is -0.161. The number of allylic oxidation sites excluding steroid dienone is 8. The van der Waals surface area contributed by atoms with Gasteiger partial charge in [0.25, 0.3) is 0 Å². The van der Waals surface area contributed by atoms with E-state index in [1.54, 1.807) is 0 Å². The van der Waals surface area contributed by atoms with Gasteiger partial charge in [0.2, 0.25) is 0 Å². The molecule has 0 spiro atoms.